The van der Waals surface area contributed by atoms with E-state index in [1.54, 1.807) is 0 Å². The first-order chi connectivity index (χ1) is 28.7. The smallest absolute Gasteiger partial charge is 0.160 e. The van der Waals surface area contributed by atoms with Crippen LogP contribution in [0.1, 0.15) is 22.9 Å². The quantitative estimate of drug-likeness (QED) is 0.190. The lowest BCUT2D eigenvalue weighted by molar-refractivity contribution is 0.669. The molecule has 1 aliphatic heterocycles. The fourth-order valence-corrected chi connectivity index (χ4v) is 9.84. The van der Waals surface area contributed by atoms with Crippen molar-refractivity contribution in [3.63, 3.8) is 0 Å². The summed E-state index contributed by atoms with van der Waals surface area (Å²) in [4.78, 5) is 10.7. The molecule has 1 N–H and O–H groups in total. The fourth-order valence-electron chi connectivity index (χ4n) is 8.63. The molecule has 11 aromatic rings. The molecule has 0 fully saturated rings. The number of furan rings is 1. The van der Waals surface area contributed by atoms with Gasteiger partial charge in [0, 0.05) is 47.6 Å². The van der Waals surface area contributed by atoms with Gasteiger partial charge < -0.3 is 9.73 Å². The van der Waals surface area contributed by atoms with Crippen LogP contribution in [0.25, 0.3) is 85.9 Å². The van der Waals surface area contributed by atoms with Gasteiger partial charge in [-0.1, -0.05) is 152 Å². The maximum atomic E-state index is 6.82. The molecule has 9 aromatic carbocycles. The number of nitrogens with one attached hydrogen (secondary N) is 1. The third-order valence-electron chi connectivity index (χ3n) is 11.5. The van der Waals surface area contributed by atoms with Crippen molar-refractivity contribution in [1.82, 2.24) is 5.32 Å². The van der Waals surface area contributed by atoms with E-state index in [1.165, 1.54) is 41.9 Å². The summed E-state index contributed by atoms with van der Waals surface area (Å²) in [6, 6.07) is 66.8. The number of thiophene rings is 1. The van der Waals surface area contributed by atoms with Gasteiger partial charge in [0.25, 0.3) is 0 Å². The summed E-state index contributed by atoms with van der Waals surface area (Å²) in [5, 5.41) is 13.2. The molecule has 1 unspecified atom stereocenters. The van der Waals surface area contributed by atoms with Gasteiger partial charge in [0.1, 0.15) is 23.2 Å². The summed E-state index contributed by atoms with van der Waals surface area (Å²) in [7, 11) is 0. The zero-order valence-electron chi connectivity index (χ0n) is 31.2. The second kappa shape index (κ2) is 13.1. The third-order valence-corrected chi connectivity index (χ3v) is 12.8. The molecule has 4 nitrogen and oxygen atoms in total. The molecule has 5 heteroatoms. The molecule has 12 rings (SSSR count). The van der Waals surface area contributed by atoms with Gasteiger partial charge in [0.05, 0.1) is 0 Å². The Morgan fingerprint density at radius 3 is 2.05 bits per heavy atom. The molecule has 3 heterocycles. The van der Waals surface area contributed by atoms with E-state index in [-0.39, 0.29) is 6.17 Å². The van der Waals surface area contributed by atoms with Gasteiger partial charge in [-0.15, -0.1) is 11.3 Å². The largest absolute Gasteiger partial charge is 0.455 e. The van der Waals surface area contributed by atoms with Crippen molar-refractivity contribution < 1.29 is 4.42 Å². The molecule has 58 heavy (non-hydrogen) atoms. The number of rotatable bonds is 5. The van der Waals surface area contributed by atoms with E-state index in [4.69, 9.17) is 14.4 Å². The van der Waals surface area contributed by atoms with E-state index in [2.05, 4.69) is 181 Å². The van der Waals surface area contributed by atoms with Crippen LogP contribution in [0.2, 0.25) is 0 Å². The average molecular weight is 760 g/mol. The molecular formula is C53H33N3OS. The molecule has 272 valence electrons. The molecular weight excluding hydrogens is 727 g/mol. The highest BCUT2D eigenvalue weighted by molar-refractivity contribution is 7.26. The first kappa shape index (κ1) is 32.9. The van der Waals surface area contributed by atoms with Crippen molar-refractivity contribution >= 4 is 86.7 Å². The summed E-state index contributed by atoms with van der Waals surface area (Å²) >= 11 is 1.86. The van der Waals surface area contributed by atoms with Gasteiger partial charge in [-0.3, -0.25) is 0 Å². The maximum Gasteiger partial charge on any atom is 0.160 e. The van der Waals surface area contributed by atoms with Crippen LogP contribution in [0, 0.1) is 0 Å². The van der Waals surface area contributed by atoms with Crippen molar-refractivity contribution in [2.45, 2.75) is 6.17 Å². The maximum absolute atomic E-state index is 6.82. The number of fused-ring (bicyclic) bond motifs is 9. The summed E-state index contributed by atoms with van der Waals surface area (Å²) in [5.74, 6) is 1.44. The number of aliphatic imine (C=N–C) groups is 2. The Labute approximate surface area is 338 Å². The predicted molar refractivity (Wildman–Crippen MR) is 244 cm³/mol. The van der Waals surface area contributed by atoms with Crippen molar-refractivity contribution in [1.29, 1.82) is 0 Å². The van der Waals surface area contributed by atoms with Gasteiger partial charge >= 0.3 is 0 Å². The van der Waals surface area contributed by atoms with Gasteiger partial charge in [-0.25, -0.2) is 9.98 Å². The van der Waals surface area contributed by atoms with E-state index < -0.39 is 0 Å². The average Bonchev–Trinajstić information content (AvgIpc) is 3.88. The van der Waals surface area contributed by atoms with Crippen LogP contribution in [0.15, 0.2) is 202 Å². The van der Waals surface area contributed by atoms with E-state index >= 15 is 0 Å². The first-order valence-electron chi connectivity index (χ1n) is 19.6. The second-order valence-electron chi connectivity index (χ2n) is 14.9. The Bertz CT molecular complexity index is 3490. The number of para-hydroxylation sites is 1. The van der Waals surface area contributed by atoms with Crippen LogP contribution in [-0.4, -0.2) is 11.7 Å². The molecule has 0 spiro atoms. The van der Waals surface area contributed by atoms with Gasteiger partial charge in [0.2, 0.25) is 0 Å². The zero-order valence-corrected chi connectivity index (χ0v) is 32.0. The minimum atomic E-state index is -0.364. The van der Waals surface area contributed by atoms with Crippen molar-refractivity contribution in [3.8, 4) is 22.3 Å². The molecule has 2 aromatic heterocycles. The van der Waals surface area contributed by atoms with Crippen LogP contribution < -0.4 is 5.32 Å². The molecule has 0 amide bonds. The number of hydrogen-bond acceptors (Lipinski definition) is 5. The molecule has 0 aliphatic carbocycles. The van der Waals surface area contributed by atoms with Crippen molar-refractivity contribution in [3.05, 3.63) is 205 Å². The van der Waals surface area contributed by atoms with Gasteiger partial charge in [0.15, 0.2) is 5.84 Å². The van der Waals surface area contributed by atoms with E-state index in [0.29, 0.717) is 5.84 Å². The molecule has 1 atom stereocenters. The fraction of sp³-hybridized carbons (Fsp3) is 0.0189. The van der Waals surface area contributed by atoms with Crippen LogP contribution in [0.5, 0.6) is 0 Å². The minimum absolute atomic E-state index is 0.364. The van der Waals surface area contributed by atoms with Crippen LogP contribution in [0.3, 0.4) is 0 Å². The Kier molecular flexibility index (Phi) is 7.43. The van der Waals surface area contributed by atoms with E-state index in [9.17, 15) is 0 Å². The predicted octanol–water partition coefficient (Wildman–Crippen LogP) is 14.1. The highest BCUT2D eigenvalue weighted by atomic mass is 32.1. The lowest BCUT2D eigenvalue weighted by Gasteiger charge is -2.24. The zero-order chi connectivity index (χ0) is 38.2. The van der Waals surface area contributed by atoms with Crippen LogP contribution >= 0.6 is 11.3 Å². The lowest BCUT2D eigenvalue weighted by atomic mass is 9.96. The van der Waals surface area contributed by atoms with E-state index in [1.807, 2.05) is 23.5 Å². The second-order valence-corrected chi connectivity index (χ2v) is 16.0. The highest BCUT2D eigenvalue weighted by Gasteiger charge is 2.25. The molecule has 0 saturated carbocycles. The summed E-state index contributed by atoms with van der Waals surface area (Å²) in [6.07, 6.45) is -0.364. The van der Waals surface area contributed by atoms with Crippen molar-refractivity contribution in [2.75, 3.05) is 0 Å². The highest BCUT2D eigenvalue weighted by Crippen LogP contribution is 2.43. The number of amidine groups is 2. The summed E-state index contributed by atoms with van der Waals surface area (Å²) in [5.41, 5.74) is 9.16. The summed E-state index contributed by atoms with van der Waals surface area (Å²) in [6.45, 7) is 0. The number of benzene rings is 9. The molecule has 0 bridgehead atoms. The first-order valence-corrected chi connectivity index (χ1v) is 20.4. The molecule has 0 radical (unpaired) electrons. The number of hydrogen-bond donors (Lipinski definition) is 1. The Morgan fingerprint density at radius 2 is 1.17 bits per heavy atom. The lowest BCUT2D eigenvalue weighted by Crippen LogP contribution is -2.33. The van der Waals surface area contributed by atoms with Gasteiger partial charge in [-0.2, -0.15) is 0 Å². The summed E-state index contributed by atoms with van der Waals surface area (Å²) < 4.78 is 9.41. The van der Waals surface area contributed by atoms with Gasteiger partial charge in [-0.05, 0) is 80.2 Å². The third kappa shape index (κ3) is 5.36. The number of nitrogens with zero attached hydrogens (tertiary/aromatic N) is 2. The Balaban J connectivity index is 1.04. The standard InChI is InChI=1S/C53H33N3OS/c1-2-10-32(11-3-1)34-18-21-36(22-19-34)51-54-52(39-23-20-33-12-4-5-14-37(33)30-39)56-53(55-51)44-28-27-40(49-48(44)43-16-8-9-17-46(43)57-49)38-25-29-47-45(31-38)42-26-24-35-13-6-7-15-41(35)50(42)58-47/h1-31,51H,(H,54,55,56). The van der Waals surface area contributed by atoms with E-state index in [0.717, 1.165) is 66.5 Å². The van der Waals surface area contributed by atoms with Crippen LogP contribution in [-0.2, 0) is 0 Å². The van der Waals surface area contributed by atoms with Crippen molar-refractivity contribution in [2.24, 2.45) is 9.98 Å². The Hall–Kier alpha value is -7.34. The SMILES string of the molecule is c1ccc(-c2ccc(C3N=C(c4ccc(-c5ccc6sc7c8ccccc8ccc7c6c5)c5oc6ccccc6c45)N=C(c4ccc5ccccc5c4)N3)cc2)cc1. The molecule has 0 saturated heterocycles. The Morgan fingerprint density at radius 1 is 0.483 bits per heavy atom. The topological polar surface area (TPSA) is 49.9 Å². The molecule has 1 aliphatic rings. The van der Waals surface area contributed by atoms with Crippen LogP contribution in [0.4, 0.5) is 0 Å². The normalized spacial score (nSPS) is 14.4. The minimum Gasteiger partial charge on any atom is -0.455 e. The monoisotopic (exact) mass is 759 g/mol.